The molecular formula is C22H20O5. The number of aryl methyl sites for hydroxylation is 2. The highest BCUT2D eigenvalue weighted by Gasteiger charge is 2.22. The van der Waals surface area contributed by atoms with E-state index in [2.05, 4.69) is 0 Å². The third-order valence-electron chi connectivity index (χ3n) is 4.77. The lowest BCUT2D eigenvalue weighted by molar-refractivity contribution is -0.147. The topological polar surface area (TPSA) is 65.7 Å². The molecule has 5 heteroatoms. The van der Waals surface area contributed by atoms with Crippen LogP contribution in [0.25, 0.3) is 11.0 Å². The number of hydrogen-bond donors (Lipinski definition) is 0. The summed E-state index contributed by atoms with van der Waals surface area (Å²) in [6, 6.07) is 13.2. The summed E-state index contributed by atoms with van der Waals surface area (Å²) in [5.41, 5.74) is 3.77. The molecule has 0 aliphatic heterocycles. The molecule has 0 bridgehead atoms. The highest BCUT2D eigenvalue weighted by atomic mass is 16.6. The molecular weight excluding hydrogens is 344 g/mol. The minimum atomic E-state index is -0.442. The van der Waals surface area contributed by atoms with E-state index in [0.717, 1.165) is 46.9 Å². The van der Waals surface area contributed by atoms with Crippen LogP contribution in [-0.2, 0) is 29.0 Å². The first-order valence-corrected chi connectivity index (χ1v) is 9.03. The molecule has 0 N–H and O–H groups in total. The van der Waals surface area contributed by atoms with E-state index in [1.165, 1.54) is 0 Å². The third kappa shape index (κ3) is 3.58. The van der Waals surface area contributed by atoms with Gasteiger partial charge in [0.25, 0.3) is 0 Å². The van der Waals surface area contributed by atoms with Crippen molar-refractivity contribution in [2.24, 2.45) is 0 Å². The number of benzene rings is 2. The average Bonchev–Trinajstić information content (AvgIpc) is 3.15. The highest BCUT2D eigenvalue weighted by molar-refractivity contribution is 5.89. The lowest BCUT2D eigenvalue weighted by Gasteiger charge is -2.12. The molecule has 1 aromatic heterocycles. The van der Waals surface area contributed by atoms with Crippen molar-refractivity contribution in [1.82, 2.24) is 0 Å². The van der Waals surface area contributed by atoms with Gasteiger partial charge in [-0.1, -0.05) is 30.3 Å². The third-order valence-corrected chi connectivity index (χ3v) is 4.77. The summed E-state index contributed by atoms with van der Waals surface area (Å²) in [5, 5.41) is 0.795. The fourth-order valence-corrected chi connectivity index (χ4v) is 3.54. The van der Waals surface area contributed by atoms with Crippen LogP contribution >= 0.6 is 0 Å². The molecule has 0 atom stereocenters. The van der Waals surface area contributed by atoms with Crippen molar-refractivity contribution in [1.29, 1.82) is 0 Å². The van der Waals surface area contributed by atoms with Gasteiger partial charge in [-0.3, -0.25) is 0 Å². The average molecular weight is 364 g/mol. The molecule has 138 valence electrons. The van der Waals surface area contributed by atoms with Crippen molar-refractivity contribution in [3.63, 3.8) is 0 Å². The largest absolute Gasteiger partial charge is 0.481 e. The molecule has 1 heterocycles. The van der Waals surface area contributed by atoms with Crippen LogP contribution < -0.4 is 10.4 Å². The van der Waals surface area contributed by atoms with E-state index in [9.17, 15) is 9.59 Å². The SMILES string of the molecule is Cc1cc(OCC(=O)OCc2ccccc2)c2c3c(c(=O)oc2c1)CCC3. The quantitative estimate of drug-likeness (QED) is 0.510. The Labute approximate surface area is 156 Å². The van der Waals surface area contributed by atoms with E-state index in [1.807, 2.05) is 49.4 Å². The monoisotopic (exact) mass is 364 g/mol. The van der Waals surface area contributed by atoms with Gasteiger partial charge in [0.05, 0.1) is 5.39 Å². The van der Waals surface area contributed by atoms with Crippen molar-refractivity contribution in [3.05, 3.63) is 75.1 Å². The summed E-state index contributed by atoms with van der Waals surface area (Å²) in [4.78, 5) is 24.2. The number of rotatable bonds is 5. The van der Waals surface area contributed by atoms with Crippen molar-refractivity contribution >= 4 is 16.9 Å². The Morgan fingerprint density at radius 1 is 1.11 bits per heavy atom. The van der Waals surface area contributed by atoms with Crippen LogP contribution in [0.4, 0.5) is 0 Å². The first-order valence-electron chi connectivity index (χ1n) is 9.03. The Balaban J connectivity index is 1.54. The van der Waals surface area contributed by atoms with Gasteiger partial charge in [-0.15, -0.1) is 0 Å². The fraction of sp³-hybridized carbons (Fsp3) is 0.273. The summed E-state index contributed by atoms with van der Waals surface area (Å²) in [6.45, 7) is 1.91. The molecule has 1 aliphatic carbocycles. The number of carbonyl (C=O) groups is 1. The van der Waals surface area contributed by atoms with Crippen LogP contribution in [0.1, 0.15) is 28.7 Å². The Bertz CT molecular complexity index is 1050. The number of esters is 1. The predicted molar refractivity (Wildman–Crippen MR) is 101 cm³/mol. The zero-order chi connectivity index (χ0) is 18.8. The number of hydrogen-bond acceptors (Lipinski definition) is 5. The van der Waals surface area contributed by atoms with E-state index in [1.54, 1.807) is 0 Å². The molecule has 0 fully saturated rings. The molecule has 27 heavy (non-hydrogen) atoms. The molecule has 0 unspecified atom stereocenters. The molecule has 3 aromatic rings. The minimum Gasteiger partial charge on any atom is -0.481 e. The van der Waals surface area contributed by atoms with E-state index in [0.29, 0.717) is 11.3 Å². The summed E-state index contributed by atoms with van der Waals surface area (Å²) >= 11 is 0. The molecule has 5 nitrogen and oxygen atoms in total. The van der Waals surface area contributed by atoms with Crippen LogP contribution in [0.3, 0.4) is 0 Å². The van der Waals surface area contributed by atoms with Crippen molar-refractivity contribution in [3.8, 4) is 5.75 Å². The minimum absolute atomic E-state index is 0.195. The van der Waals surface area contributed by atoms with Gasteiger partial charge in [0, 0.05) is 5.56 Å². The number of fused-ring (bicyclic) bond motifs is 3. The second kappa shape index (κ2) is 7.27. The maximum absolute atomic E-state index is 12.2. The van der Waals surface area contributed by atoms with E-state index >= 15 is 0 Å². The zero-order valence-electron chi connectivity index (χ0n) is 15.1. The summed E-state index contributed by atoms with van der Waals surface area (Å²) in [7, 11) is 0. The van der Waals surface area contributed by atoms with Gasteiger partial charge in [-0.25, -0.2) is 9.59 Å². The summed E-state index contributed by atoms with van der Waals surface area (Å²) < 4.78 is 16.5. The molecule has 1 aliphatic rings. The van der Waals surface area contributed by atoms with Crippen molar-refractivity contribution < 1.29 is 18.7 Å². The normalized spacial score (nSPS) is 12.8. The predicted octanol–water partition coefficient (Wildman–Crippen LogP) is 3.71. The zero-order valence-corrected chi connectivity index (χ0v) is 15.1. The molecule has 0 saturated heterocycles. The van der Waals surface area contributed by atoms with Crippen LogP contribution in [0.5, 0.6) is 5.75 Å². The Kier molecular flexibility index (Phi) is 4.67. The van der Waals surface area contributed by atoms with Gasteiger partial charge in [0.1, 0.15) is 17.9 Å². The second-order valence-corrected chi connectivity index (χ2v) is 6.77. The van der Waals surface area contributed by atoms with Gasteiger partial charge in [-0.05, 0) is 55.0 Å². The molecule has 0 amide bonds. The van der Waals surface area contributed by atoms with Crippen LogP contribution in [0.2, 0.25) is 0 Å². The lowest BCUT2D eigenvalue weighted by atomic mass is 10.0. The number of ether oxygens (including phenoxy) is 2. The maximum atomic E-state index is 12.2. The molecule has 0 spiro atoms. The highest BCUT2D eigenvalue weighted by Crippen LogP contribution is 2.35. The van der Waals surface area contributed by atoms with Crippen LogP contribution in [0.15, 0.2) is 51.7 Å². The van der Waals surface area contributed by atoms with Gasteiger partial charge in [0.15, 0.2) is 6.61 Å². The molecule has 0 radical (unpaired) electrons. The lowest BCUT2D eigenvalue weighted by Crippen LogP contribution is -2.15. The summed E-state index contributed by atoms with van der Waals surface area (Å²) in [5.74, 6) is 0.117. The Morgan fingerprint density at radius 3 is 2.70 bits per heavy atom. The van der Waals surface area contributed by atoms with E-state index in [4.69, 9.17) is 13.9 Å². The fourth-order valence-electron chi connectivity index (χ4n) is 3.54. The molecule has 4 rings (SSSR count). The van der Waals surface area contributed by atoms with Crippen molar-refractivity contribution in [2.75, 3.05) is 6.61 Å². The first kappa shape index (κ1) is 17.3. The van der Waals surface area contributed by atoms with E-state index < -0.39 is 5.97 Å². The van der Waals surface area contributed by atoms with Gasteiger partial charge in [-0.2, -0.15) is 0 Å². The maximum Gasteiger partial charge on any atom is 0.344 e. The first-order chi connectivity index (χ1) is 13.1. The van der Waals surface area contributed by atoms with E-state index in [-0.39, 0.29) is 18.8 Å². The van der Waals surface area contributed by atoms with Gasteiger partial charge < -0.3 is 13.9 Å². The Hall–Kier alpha value is -3.08. The van der Waals surface area contributed by atoms with Crippen molar-refractivity contribution in [2.45, 2.75) is 32.8 Å². The van der Waals surface area contributed by atoms with Gasteiger partial charge in [0.2, 0.25) is 0 Å². The van der Waals surface area contributed by atoms with Crippen LogP contribution in [0, 0.1) is 6.92 Å². The van der Waals surface area contributed by atoms with Crippen LogP contribution in [-0.4, -0.2) is 12.6 Å². The Morgan fingerprint density at radius 2 is 1.89 bits per heavy atom. The molecule has 0 saturated carbocycles. The standard InChI is InChI=1S/C22H20O5/c1-14-10-18(25-13-20(23)26-12-15-6-3-2-4-7-15)21-16-8-5-9-17(16)22(24)27-19(21)11-14/h2-4,6-7,10-11H,5,8-9,12-13H2,1H3. The number of carbonyl (C=O) groups excluding carboxylic acids is 1. The molecule has 2 aromatic carbocycles. The summed E-state index contributed by atoms with van der Waals surface area (Å²) in [6.07, 6.45) is 2.46. The smallest absolute Gasteiger partial charge is 0.344 e. The van der Waals surface area contributed by atoms with Gasteiger partial charge >= 0.3 is 11.6 Å². The second-order valence-electron chi connectivity index (χ2n) is 6.77.